The largest absolute Gasteiger partial charge is 0.469 e. The molecule has 1 saturated heterocycles. The van der Waals surface area contributed by atoms with Gasteiger partial charge in [-0.05, 0) is 31.3 Å². The van der Waals surface area contributed by atoms with Gasteiger partial charge in [0.05, 0.1) is 13.0 Å². The molecular formula is C16H24N2O2. The highest BCUT2D eigenvalue weighted by atomic mass is 16.5. The number of hydrogen-bond donors (Lipinski definition) is 2. The fraction of sp³-hybridized carbons (Fsp3) is 0.688. The number of fused-ring (bicyclic) bond motifs is 1. The highest BCUT2D eigenvalue weighted by Crippen LogP contribution is 2.38. The maximum atomic E-state index is 12.1. The van der Waals surface area contributed by atoms with E-state index in [1.54, 1.807) is 0 Å². The average Bonchev–Trinajstić information content (AvgIpc) is 2.54. The second-order valence-corrected chi connectivity index (χ2v) is 6.07. The summed E-state index contributed by atoms with van der Waals surface area (Å²) in [7, 11) is 1.51. The number of esters is 1. The molecule has 2 N–H and O–H groups in total. The summed E-state index contributed by atoms with van der Waals surface area (Å²) in [5.41, 5.74) is 1.21. The molecule has 0 bridgehead atoms. The van der Waals surface area contributed by atoms with Gasteiger partial charge in [-0.2, -0.15) is 0 Å². The molecule has 4 heteroatoms. The molecule has 2 heterocycles. The standard InChI is InChI=1S/C16H24N2O2/c1-20-16(19)12-10-15(14-8-4-5-9-17-14)18-13-7-3-2-6-11(12)13/h4-5,8,11-13,15,17-18H,2-3,6-7,9-10H2,1H3. The van der Waals surface area contributed by atoms with E-state index in [1.165, 1.54) is 32.1 Å². The summed E-state index contributed by atoms with van der Waals surface area (Å²) in [6, 6.07) is 0.712. The number of rotatable bonds is 2. The highest BCUT2D eigenvalue weighted by Gasteiger charge is 2.43. The van der Waals surface area contributed by atoms with Crippen LogP contribution < -0.4 is 10.6 Å². The van der Waals surface area contributed by atoms with Crippen LogP contribution in [0.2, 0.25) is 0 Å². The molecule has 0 aromatic rings. The summed E-state index contributed by atoms with van der Waals surface area (Å²) < 4.78 is 5.05. The van der Waals surface area contributed by atoms with Crippen LogP contribution in [0.3, 0.4) is 0 Å². The molecule has 1 saturated carbocycles. The molecule has 20 heavy (non-hydrogen) atoms. The van der Waals surface area contributed by atoms with E-state index in [0.717, 1.165) is 19.4 Å². The van der Waals surface area contributed by atoms with Crippen molar-refractivity contribution < 1.29 is 9.53 Å². The number of carbonyl (C=O) groups is 1. The molecule has 2 fully saturated rings. The first-order chi connectivity index (χ1) is 9.79. The van der Waals surface area contributed by atoms with Crippen LogP contribution >= 0.6 is 0 Å². The molecular weight excluding hydrogens is 252 g/mol. The Kier molecular flexibility index (Phi) is 4.10. The van der Waals surface area contributed by atoms with Crippen molar-refractivity contribution in [3.63, 3.8) is 0 Å². The number of nitrogens with one attached hydrogen (secondary N) is 2. The maximum absolute atomic E-state index is 12.1. The first-order valence-corrected chi connectivity index (χ1v) is 7.74. The number of carbonyl (C=O) groups excluding carboxylic acids is 1. The molecule has 0 aromatic heterocycles. The number of piperidine rings is 1. The van der Waals surface area contributed by atoms with Gasteiger partial charge in [0.1, 0.15) is 0 Å². The molecule has 0 radical (unpaired) electrons. The fourth-order valence-corrected chi connectivity index (χ4v) is 3.96. The quantitative estimate of drug-likeness (QED) is 0.754. The lowest BCUT2D eigenvalue weighted by molar-refractivity contribution is -0.150. The molecule has 0 aromatic carbocycles. The van der Waals surface area contributed by atoms with Crippen LogP contribution in [0.5, 0.6) is 0 Å². The van der Waals surface area contributed by atoms with Crippen LogP contribution in [0.15, 0.2) is 23.9 Å². The molecule has 0 spiro atoms. The number of dihydropyridines is 1. The van der Waals surface area contributed by atoms with E-state index in [0.29, 0.717) is 12.0 Å². The maximum Gasteiger partial charge on any atom is 0.309 e. The van der Waals surface area contributed by atoms with Gasteiger partial charge in [-0.3, -0.25) is 4.79 Å². The summed E-state index contributed by atoms with van der Waals surface area (Å²) >= 11 is 0. The average molecular weight is 276 g/mol. The van der Waals surface area contributed by atoms with Crippen LogP contribution in [-0.4, -0.2) is 31.7 Å². The summed E-state index contributed by atoms with van der Waals surface area (Å²) in [5.74, 6) is 0.470. The smallest absolute Gasteiger partial charge is 0.309 e. The van der Waals surface area contributed by atoms with E-state index in [9.17, 15) is 4.79 Å². The van der Waals surface area contributed by atoms with Crippen molar-refractivity contribution >= 4 is 5.97 Å². The Morgan fingerprint density at radius 2 is 2.20 bits per heavy atom. The molecule has 4 nitrogen and oxygen atoms in total. The van der Waals surface area contributed by atoms with Gasteiger partial charge < -0.3 is 15.4 Å². The third-order valence-corrected chi connectivity index (χ3v) is 4.96. The van der Waals surface area contributed by atoms with E-state index in [4.69, 9.17) is 4.74 Å². The van der Waals surface area contributed by atoms with Crippen LogP contribution in [0, 0.1) is 11.8 Å². The van der Waals surface area contributed by atoms with E-state index in [-0.39, 0.29) is 17.9 Å². The number of ether oxygens (including phenoxy) is 1. The Labute approximate surface area is 120 Å². The summed E-state index contributed by atoms with van der Waals surface area (Å²) in [4.78, 5) is 12.1. The normalized spacial score (nSPS) is 36.5. The van der Waals surface area contributed by atoms with E-state index in [1.807, 2.05) is 0 Å². The first kappa shape index (κ1) is 13.7. The molecule has 1 aliphatic carbocycles. The molecule has 4 unspecified atom stereocenters. The monoisotopic (exact) mass is 276 g/mol. The second-order valence-electron chi connectivity index (χ2n) is 6.07. The second kappa shape index (κ2) is 6.00. The van der Waals surface area contributed by atoms with Gasteiger partial charge >= 0.3 is 5.97 Å². The summed E-state index contributed by atoms with van der Waals surface area (Å²) in [5, 5.41) is 7.18. The predicted octanol–water partition coefficient (Wildman–Crippen LogP) is 1.74. The lowest BCUT2D eigenvalue weighted by atomic mass is 9.70. The topological polar surface area (TPSA) is 50.4 Å². The van der Waals surface area contributed by atoms with Gasteiger partial charge in [0.2, 0.25) is 0 Å². The van der Waals surface area contributed by atoms with Crippen molar-refractivity contribution in [1.82, 2.24) is 10.6 Å². The Morgan fingerprint density at radius 1 is 1.35 bits per heavy atom. The van der Waals surface area contributed by atoms with Gasteiger partial charge in [-0.1, -0.05) is 25.0 Å². The van der Waals surface area contributed by atoms with Gasteiger partial charge in [-0.15, -0.1) is 0 Å². The van der Waals surface area contributed by atoms with E-state index >= 15 is 0 Å². The highest BCUT2D eigenvalue weighted by molar-refractivity contribution is 5.73. The zero-order valence-corrected chi connectivity index (χ0v) is 12.1. The third kappa shape index (κ3) is 2.62. The van der Waals surface area contributed by atoms with Crippen molar-refractivity contribution in [1.29, 1.82) is 0 Å². The number of allylic oxidation sites excluding steroid dienone is 2. The van der Waals surface area contributed by atoms with Gasteiger partial charge in [0, 0.05) is 24.3 Å². The van der Waals surface area contributed by atoms with Crippen molar-refractivity contribution in [2.45, 2.75) is 44.2 Å². The molecule has 110 valence electrons. The minimum absolute atomic E-state index is 0.0275. The van der Waals surface area contributed by atoms with Crippen molar-refractivity contribution in [3.05, 3.63) is 23.9 Å². The van der Waals surface area contributed by atoms with Crippen LogP contribution in [0.4, 0.5) is 0 Å². The lowest BCUT2D eigenvalue weighted by Crippen LogP contribution is -2.56. The van der Waals surface area contributed by atoms with E-state index in [2.05, 4.69) is 28.9 Å². The van der Waals surface area contributed by atoms with Gasteiger partial charge in [0.25, 0.3) is 0 Å². The Hall–Kier alpha value is -1.29. The summed E-state index contributed by atoms with van der Waals surface area (Å²) in [6.07, 6.45) is 12.0. The molecule has 3 aliphatic rings. The predicted molar refractivity (Wildman–Crippen MR) is 78.0 cm³/mol. The van der Waals surface area contributed by atoms with Crippen molar-refractivity contribution in [2.75, 3.05) is 13.7 Å². The Morgan fingerprint density at radius 3 is 2.95 bits per heavy atom. The van der Waals surface area contributed by atoms with Crippen LogP contribution in [0.1, 0.15) is 32.1 Å². The van der Waals surface area contributed by atoms with Crippen LogP contribution in [0.25, 0.3) is 0 Å². The Balaban J connectivity index is 1.79. The fourth-order valence-electron chi connectivity index (χ4n) is 3.96. The minimum atomic E-state index is -0.0275. The zero-order valence-electron chi connectivity index (χ0n) is 12.1. The zero-order chi connectivity index (χ0) is 13.9. The first-order valence-electron chi connectivity index (χ1n) is 7.74. The molecule has 0 amide bonds. The lowest BCUT2D eigenvalue weighted by Gasteiger charge is -2.45. The van der Waals surface area contributed by atoms with Crippen LogP contribution in [-0.2, 0) is 9.53 Å². The Bertz CT molecular complexity index is 430. The number of hydrogen-bond acceptors (Lipinski definition) is 4. The molecule has 2 aliphatic heterocycles. The molecule has 4 atom stereocenters. The molecule has 3 rings (SSSR count). The SMILES string of the molecule is COC(=O)C1CC(C2=CC=CCN2)NC2CCCCC21. The van der Waals surface area contributed by atoms with Crippen molar-refractivity contribution in [3.8, 4) is 0 Å². The van der Waals surface area contributed by atoms with E-state index < -0.39 is 0 Å². The third-order valence-electron chi connectivity index (χ3n) is 4.96. The summed E-state index contributed by atoms with van der Waals surface area (Å²) in [6.45, 7) is 0.876. The minimum Gasteiger partial charge on any atom is -0.469 e. The number of methoxy groups -OCH3 is 1. The van der Waals surface area contributed by atoms with Gasteiger partial charge in [-0.25, -0.2) is 0 Å². The van der Waals surface area contributed by atoms with Gasteiger partial charge in [0.15, 0.2) is 0 Å². The van der Waals surface area contributed by atoms with Crippen molar-refractivity contribution in [2.24, 2.45) is 11.8 Å².